The minimum atomic E-state index is -3.91. The highest BCUT2D eigenvalue weighted by atomic mass is 31.2. The van der Waals surface area contributed by atoms with Crippen molar-refractivity contribution < 1.29 is 14.0 Å². The zero-order valence-corrected chi connectivity index (χ0v) is 12.7. The second-order valence-electron chi connectivity index (χ2n) is 4.81. The molecule has 1 N–H and O–H groups in total. The van der Waals surface area contributed by atoms with Crippen molar-refractivity contribution in [2.45, 2.75) is 0 Å². The van der Waals surface area contributed by atoms with E-state index in [1.807, 2.05) is 42.5 Å². The third kappa shape index (κ3) is 3.11. The highest BCUT2D eigenvalue weighted by Crippen LogP contribution is 2.44. The van der Waals surface area contributed by atoms with E-state index in [0.717, 1.165) is 11.1 Å². The normalized spacial score (nSPS) is 13.3. The maximum absolute atomic E-state index is 12.5. The Morgan fingerprint density at radius 1 is 0.727 bits per heavy atom. The minimum absolute atomic E-state index is 0.276. The van der Waals surface area contributed by atoms with Gasteiger partial charge in [-0.1, -0.05) is 66.7 Å². The van der Waals surface area contributed by atoms with Crippen LogP contribution in [-0.2, 0) is 4.57 Å². The molecule has 0 aliphatic heterocycles. The summed E-state index contributed by atoms with van der Waals surface area (Å²) in [6.07, 6.45) is 0. The van der Waals surface area contributed by atoms with Gasteiger partial charge >= 0.3 is 7.60 Å². The molecule has 4 heteroatoms. The first-order valence-corrected chi connectivity index (χ1v) is 8.47. The van der Waals surface area contributed by atoms with Gasteiger partial charge in [0.25, 0.3) is 0 Å². The number of rotatable bonds is 4. The van der Waals surface area contributed by atoms with Crippen molar-refractivity contribution in [3.63, 3.8) is 0 Å². The Bertz CT molecular complexity index is 801. The molecule has 1 unspecified atom stereocenters. The summed E-state index contributed by atoms with van der Waals surface area (Å²) in [7, 11) is -3.91. The lowest BCUT2D eigenvalue weighted by Gasteiger charge is -2.16. The fourth-order valence-corrected chi connectivity index (χ4v) is 3.28. The van der Waals surface area contributed by atoms with Gasteiger partial charge in [0.1, 0.15) is 5.75 Å². The van der Waals surface area contributed by atoms with E-state index in [0.29, 0.717) is 5.75 Å². The van der Waals surface area contributed by atoms with Crippen LogP contribution in [-0.4, -0.2) is 4.89 Å². The second kappa shape index (κ2) is 6.18. The standard InChI is InChI=1S/C18H15O3P/c19-22(20,16-11-5-2-6-12-16)21-18-14-8-7-13-17(18)15-9-3-1-4-10-15/h1-14H,(H,19,20). The maximum Gasteiger partial charge on any atom is 0.408 e. The van der Waals surface area contributed by atoms with Crippen molar-refractivity contribution in [3.05, 3.63) is 84.9 Å². The van der Waals surface area contributed by atoms with Crippen molar-refractivity contribution >= 4 is 12.9 Å². The lowest BCUT2D eigenvalue weighted by molar-refractivity contribution is 0.394. The minimum Gasteiger partial charge on any atom is -0.421 e. The van der Waals surface area contributed by atoms with Crippen LogP contribution < -0.4 is 9.83 Å². The SMILES string of the molecule is O=P(O)(Oc1ccccc1-c1ccccc1)c1ccccc1. The Morgan fingerprint density at radius 3 is 1.95 bits per heavy atom. The zero-order chi connectivity index (χ0) is 15.4. The van der Waals surface area contributed by atoms with Crippen LogP contribution >= 0.6 is 7.60 Å². The Labute approximate surface area is 129 Å². The average Bonchev–Trinajstić information content (AvgIpc) is 2.57. The van der Waals surface area contributed by atoms with Crippen LogP contribution in [0.1, 0.15) is 0 Å². The topological polar surface area (TPSA) is 46.5 Å². The van der Waals surface area contributed by atoms with Crippen LogP contribution in [0.4, 0.5) is 0 Å². The zero-order valence-electron chi connectivity index (χ0n) is 11.8. The van der Waals surface area contributed by atoms with Crippen LogP contribution in [0.25, 0.3) is 11.1 Å². The third-order valence-corrected chi connectivity index (χ3v) is 4.67. The van der Waals surface area contributed by atoms with Crippen molar-refractivity contribution in [2.75, 3.05) is 0 Å². The smallest absolute Gasteiger partial charge is 0.408 e. The van der Waals surface area contributed by atoms with Crippen molar-refractivity contribution in [2.24, 2.45) is 0 Å². The first-order valence-electron chi connectivity index (χ1n) is 6.89. The quantitative estimate of drug-likeness (QED) is 0.733. The monoisotopic (exact) mass is 310 g/mol. The van der Waals surface area contributed by atoms with E-state index in [1.165, 1.54) is 0 Å². The Morgan fingerprint density at radius 2 is 1.27 bits per heavy atom. The molecule has 0 radical (unpaired) electrons. The molecule has 0 aromatic heterocycles. The van der Waals surface area contributed by atoms with Crippen molar-refractivity contribution in [1.29, 1.82) is 0 Å². The molecule has 0 heterocycles. The number of hydrogen-bond donors (Lipinski definition) is 1. The number of para-hydroxylation sites is 1. The second-order valence-corrected chi connectivity index (χ2v) is 6.55. The first-order chi connectivity index (χ1) is 10.7. The molecule has 3 aromatic carbocycles. The molecule has 22 heavy (non-hydrogen) atoms. The molecule has 0 fully saturated rings. The van der Waals surface area contributed by atoms with Gasteiger partial charge in [-0.25, -0.2) is 4.57 Å². The molecule has 0 spiro atoms. The molecule has 110 valence electrons. The van der Waals surface area contributed by atoms with Crippen LogP contribution in [0.15, 0.2) is 84.9 Å². The summed E-state index contributed by atoms with van der Waals surface area (Å²) in [5.74, 6) is 0.392. The van der Waals surface area contributed by atoms with Gasteiger partial charge in [-0.15, -0.1) is 0 Å². The van der Waals surface area contributed by atoms with Crippen LogP contribution in [0.5, 0.6) is 5.75 Å². The van der Waals surface area contributed by atoms with Gasteiger partial charge in [-0.2, -0.15) is 0 Å². The Hall–Kier alpha value is -2.35. The van der Waals surface area contributed by atoms with E-state index >= 15 is 0 Å². The molecule has 1 atom stereocenters. The van der Waals surface area contributed by atoms with Crippen molar-refractivity contribution in [1.82, 2.24) is 0 Å². The van der Waals surface area contributed by atoms with Gasteiger partial charge in [-0.05, 0) is 23.8 Å². The van der Waals surface area contributed by atoms with Gasteiger partial charge in [0, 0.05) is 5.56 Å². The van der Waals surface area contributed by atoms with E-state index in [-0.39, 0.29) is 5.30 Å². The molecule has 0 saturated heterocycles. The van der Waals surface area contributed by atoms with Gasteiger partial charge < -0.3 is 9.42 Å². The van der Waals surface area contributed by atoms with Crippen molar-refractivity contribution in [3.8, 4) is 16.9 Å². The van der Waals surface area contributed by atoms with E-state index in [2.05, 4.69) is 0 Å². The molecule has 0 aliphatic carbocycles. The van der Waals surface area contributed by atoms with E-state index in [4.69, 9.17) is 4.52 Å². The van der Waals surface area contributed by atoms with Crippen LogP contribution in [0.2, 0.25) is 0 Å². The van der Waals surface area contributed by atoms with Gasteiger partial charge in [0.2, 0.25) is 0 Å². The Balaban J connectivity index is 1.99. The summed E-state index contributed by atoms with van der Waals surface area (Å²) in [6, 6.07) is 25.3. The first kappa shape index (κ1) is 14.6. The summed E-state index contributed by atoms with van der Waals surface area (Å²) in [6.45, 7) is 0. The summed E-state index contributed by atoms with van der Waals surface area (Å²) >= 11 is 0. The lowest BCUT2D eigenvalue weighted by Crippen LogP contribution is -2.08. The largest absolute Gasteiger partial charge is 0.421 e. The Kier molecular flexibility index (Phi) is 4.10. The summed E-state index contributed by atoms with van der Waals surface area (Å²) in [5, 5.41) is 0.276. The van der Waals surface area contributed by atoms with Gasteiger partial charge in [0.15, 0.2) is 0 Å². The van der Waals surface area contributed by atoms with E-state index in [1.54, 1.807) is 42.5 Å². The molecular weight excluding hydrogens is 295 g/mol. The van der Waals surface area contributed by atoms with E-state index in [9.17, 15) is 9.46 Å². The molecule has 3 rings (SSSR count). The fourth-order valence-electron chi connectivity index (χ4n) is 2.20. The third-order valence-electron chi connectivity index (χ3n) is 3.28. The fraction of sp³-hybridized carbons (Fsp3) is 0. The predicted molar refractivity (Wildman–Crippen MR) is 88.4 cm³/mol. The van der Waals surface area contributed by atoms with Gasteiger partial charge in [0.05, 0.1) is 5.30 Å². The number of benzene rings is 3. The summed E-state index contributed by atoms with van der Waals surface area (Å²) < 4.78 is 18.0. The summed E-state index contributed by atoms with van der Waals surface area (Å²) in [5.41, 5.74) is 1.72. The molecule has 3 aromatic rings. The summed E-state index contributed by atoms with van der Waals surface area (Å²) in [4.78, 5) is 10.2. The van der Waals surface area contributed by atoms with Crippen LogP contribution in [0.3, 0.4) is 0 Å². The molecule has 3 nitrogen and oxygen atoms in total. The highest BCUT2D eigenvalue weighted by molar-refractivity contribution is 7.61. The molecule has 0 amide bonds. The van der Waals surface area contributed by atoms with Gasteiger partial charge in [-0.3, -0.25) is 0 Å². The molecule has 0 bridgehead atoms. The molecule has 0 saturated carbocycles. The number of hydrogen-bond acceptors (Lipinski definition) is 2. The maximum atomic E-state index is 12.5. The lowest BCUT2D eigenvalue weighted by atomic mass is 10.1. The molecule has 0 aliphatic rings. The average molecular weight is 310 g/mol. The molecular formula is C18H15O3P. The van der Waals surface area contributed by atoms with Crippen LogP contribution in [0, 0.1) is 0 Å². The van der Waals surface area contributed by atoms with E-state index < -0.39 is 7.60 Å². The predicted octanol–water partition coefficient (Wildman–Crippen LogP) is 4.24. The highest BCUT2D eigenvalue weighted by Gasteiger charge is 2.25.